The molecule has 4 heteroatoms. The number of rotatable bonds is 7. The first-order valence-electron chi connectivity index (χ1n) is 4.51. The lowest BCUT2D eigenvalue weighted by atomic mass is 10.1. The zero-order valence-electron chi connectivity index (χ0n) is 7.86. The fourth-order valence-electron chi connectivity index (χ4n) is 1.07. The van der Waals surface area contributed by atoms with Crippen molar-refractivity contribution in [1.29, 1.82) is 0 Å². The maximum atomic E-state index is 8.29. The van der Waals surface area contributed by atoms with Crippen LogP contribution in [-0.4, -0.2) is 21.9 Å². The van der Waals surface area contributed by atoms with Gasteiger partial charge in [-0.2, -0.15) is 0 Å². The van der Waals surface area contributed by atoms with Gasteiger partial charge in [-0.1, -0.05) is 32.6 Å². The summed E-state index contributed by atoms with van der Waals surface area (Å²) in [5.74, 6) is 0. The first-order valence-corrected chi connectivity index (χ1v) is 4.51. The second-order valence-electron chi connectivity index (χ2n) is 3.02. The van der Waals surface area contributed by atoms with Gasteiger partial charge in [-0.3, -0.25) is 10.4 Å². The average molecular weight is 177 g/mol. The molecule has 0 saturated carbocycles. The van der Waals surface area contributed by atoms with Crippen LogP contribution >= 0.6 is 0 Å². The van der Waals surface area contributed by atoms with E-state index >= 15 is 0 Å². The summed E-state index contributed by atoms with van der Waals surface area (Å²) in [6.07, 6.45) is 5.43. The van der Waals surface area contributed by atoms with E-state index in [1.165, 1.54) is 19.3 Å². The van der Waals surface area contributed by atoms with E-state index < -0.39 is 0 Å². The summed E-state index contributed by atoms with van der Waals surface area (Å²) >= 11 is 0. The maximum absolute atomic E-state index is 8.29. The van der Waals surface area contributed by atoms with Gasteiger partial charge in [0.05, 0.1) is 11.5 Å². The lowest BCUT2D eigenvalue weighted by Crippen LogP contribution is -2.21. The number of hydrogen-bond donors (Lipinski definition) is 2. The maximum Gasteiger partial charge on any atom is 0.0816 e. The third kappa shape index (κ3) is 7.94. The third-order valence-corrected chi connectivity index (χ3v) is 1.74. The van der Waals surface area contributed by atoms with Gasteiger partial charge in [0.1, 0.15) is 0 Å². The van der Waals surface area contributed by atoms with Crippen LogP contribution in [0.15, 0.2) is 0 Å². The van der Waals surface area contributed by atoms with E-state index in [1.807, 2.05) is 6.92 Å². The molecule has 74 valence electrons. The first-order chi connectivity index (χ1) is 5.66. The average Bonchev–Trinajstić information content (AvgIpc) is 1.97. The van der Waals surface area contributed by atoms with Gasteiger partial charge in [0.25, 0.3) is 0 Å². The van der Waals surface area contributed by atoms with Crippen molar-refractivity contribution in [2.24, 2.45) is 0 Å². The molecule has 0 aliphatic carbocycles. The predicted molar refractivity (Wildman–Crippen MR) is 44.7 cm³/mol. The molecule has 12 heavy (non-hydrogen) atoms. The Morgan fingerprint density at radius 3 is 2.42 bits per heavy atom. The normalized spacial score (nSPS) is 13.8. The quantitative estimate of drug-likeness (QED) is 0.463. The second-order valence-corrected chi connectivity index (χ2v) is 3.02. The van der Waals surface area contributed by atoms with Gasteiger partial charge in [0, 0.05) is 0 Å². The van der Waals surface area contributed by atoms with Crippen LogP contribution in [0.4, 0.5) is 0 Å². The van der Waals surface area contributed by atoms with Gasteiger partial charge in [-0.05, 0) is 13.3 Å². The highest BCUT2D eigenvalue weighted by molar-refractivity contribution is 4.49. The molecule has 0 aromatic carbocycles. The Labute approximate surface area is 73.6 Å². The minimum atomic E-state index is -0.218. The SMILES string of the molecule is CCCCCCC(C)ON(O)O. The monoisotopic (exact) mass is 177 g/mol. The van der Waals surface area contributed by atoms with Gasteiger partial charge in [-0.15, -0.1) is 0 Å². The van der Waals surface area contributed by atoms with Gasteiger partial charge in [0.15, 0.2) is 0 Å². The van der Waals surface area contributed by atoms with Crippen molar-refractivity contribution in [1.82, 2.24) is 5.39 Å². The molecule has 2 N–H and O–H groups in total. The summed E-state index contributed by atoms with van der Waals surface area (Å²) in [6, 6.07) is 0. The predicted octanol–water partition coefficient (Wildman–Crippen LogP) is 2.36. The van der Waals surface area contributed by atoms with E-state index in [-0.39, 0.29) is 11.5 Å². The Bertz CT molecular complexity index is 98.3. The highest BCUT2D eigenvalue weighted by Crippen LogP contribution is 2.07. The molecule has 0 bridgehead atoms. The molecule has 0 aromatic heterocycles. The van der Waals surface area contributed by atoms with Gasteiger partial charge in [-0.25, -0.2) is 4.84 Å². The van der Waals surface area contributed by atoms with Gasteiger partial charge >= 0.3 is 0 Å². The number of hydrogen-bond acceptors (Lipinski definition) is 4. The van der Waals surface area contributed by atoms with Crippen molar-refractivity contribution in [3.05, 3.63) is 0 Å². The summed E-state index contributed by atoms with van der Waals surface area (Å²) in [4.78, 5) is 4.57. The van der Waals surface area contributed by atoms with Crippen LogP contribution in [0.25, 0.3) is 0 Å². The van der Waals surface area contributed by atoms with Crippen molar-refractivity contribution in [2.45, 2.75) is 52.1 Å². The molecular weight excluding hydrogens is 158 g/mol. The lowest BCUT2D eigenvalue weighted by molar-refractivity contribution is -0.503. The molecule has 0 aliphatic rings. The Morgan fingerprint density at radius 2 is 1.92 bits per heavy atom. The summed E-state index contributed by atoms with van der Waals surface area (Å²) in [5.41, 5.74) is 0. The van der Waals surface area contributed by atoms with E-state index in [9.17, 15) is 0 Å². The number of unbranched alkanes of at least 4 members (excludes halogenated alkanes) is 3. The van der Waals surface area contributed by atoms with Crippen LogP contribution in [0, 0.1) is 0 Å². The summed E-state index contributed by atoms with van der Waals surface area (Å²) in [6.45, 7) is 3.97. The minimum Gasteiger partial charge on any atom is -0.266 e. The molecule has 1 unspecified atom stereocenters. The fourth-order valence-corrected chi connectivity index (χ4v) is 1.07. The second kappa shape index (κ2) is 7.49. The van der Waals surface area contributed by atoms with Gasteiger partial charge in [0.2, 0.25) is 0 Å². The standard InChI is InChI=1S/C8H19NO3/c1-3-4-5-6-7-8(2)12-9(10)11/h8,10-11H,3-7H2,1-2H3. The summed E-state index contributed by atoms with van der Waals surface area (Å²) < 4.78 is 0. The van der Waals surface area contributed by atoms with Crippen molar-refractivity contribution >= 4 is 0 Å². The Kier molecular flexibility index (Phi) is 7.39. The van der Waals surface area contributed by atoms with E-state index in [0.717, 1.165) is 12.8 Å². The molecule has 0 aromatic rings. The molecule has 0 aliphatic heterocycles. The molecule has 0 spiro atoms. The van der Waals surface area contributed by atoms with Crippen LogP contribution in [0.2, 0.25) is 0 Å². The number of nitrogens with zero attached hydrogens (tertiary/aromatic N) is 1. The molecular formula is C8H19NO3. The highest BCUT2D eigenvalue weighted by Gasteiger charge is 2.04. The molecule has 0 fully saturated rings. The van der Waals surface area contributed by atoms with E-state index in [1.54, 1.807) is 0 Å². The largest absolute Gasteiger partial charge is 0.266 e. The van der Waals surface area contributed by atoms with Crippen LogP contribution < -0.4 is 0 Å². The minimum absolute atomic E-state index is 0.128. The topological polar surface area (TPSA) is 52.9 Å². The van der Waals surface area contributed by atoms with Crippen molar-refractivity contribution in [3.8, 4) is 0 Å². The zero-order chi connectivity index (χ0) is 9.40. The van der Waals surface area contributed by atoms with Crippen molar-refractivity contribution in [3.63, 3.8) is 0 Å². The lowest BCUT2D eigenvalue weighted by Gasteiger charge is -2.13. The van der Waals surface area contributed by atoms with E-state index in [4.69, 9.17) is 10.4 Å². The molecule has 0 heterocycles. The molecule has 0 rings (SSSR count). The first kappa shape index (κ1) is 11.8. The summed E-state index contributed by atoms with van der Waals surface area (Å²) in [7, 11) is 0. The smallest absolute Gasteiger partial charge is 0.0816 e. The van der Waals surface area contributed by atoms with Crippen molar-refractivity contribution in [2.75, 3.05) is 0 Å². The van der Waals surface area contributed by atoms with Crippen LogP contribution in [0.3, 0.4) is 0 Å². The Hall–Kier alpha value is -0.160. The molecule has 0 saturated heterocycles. The van der Waals surface area contributed by atoms with Crippen molar-refractivity contribution < 1.29 is 15.3 Å². The fraction of sp³-hybridized carbons (Fsp3) is 1.00. The zero-order valence-corrected chi connectivity index (χ0v) is 7.86. The van der Waals surface area contributed by atoms with Crippen LogP contribution in [0.5, 0.6) is 0 Å². The van der Waals surface area contributed by atoms with E-state index in [0.29, 0.717) is 0 Å². The molecule has 0 amide bonds. The van der Waals surface area contributed by atoms with Gasteiger partial charge < -0.3 is 0 Å². The molecule has 4 nitrogen and oxygen atoms in total. The van der Waals surface area contributed by atoms with Crippen LogP contribution in [0.1, 0.15) is 46.0 Å². The Morgan fingerprint density at radius 1 is 1.25 bits per heavy atom. The molecule has 0 radical (unpaired) electrons. The van der Waals surface area contributed by atoms with E-state index in [2.05, 4.69) is 11.8 Å². The third-order valence-electron chi connectivity index (χ3n) is 1.74. The Balaban J connectivity index is 3.14. The van der Waals surface area contributed by atoms with Crippen LogP contribution in [-0.2, 0) is 4.84 Å². The molecule has 1 atom stereocenters. The summed E-state index contributed by atoms with van der Waals surface area (Å²) in [5, 5.41) is 16.4. The highest BCUT2D eigenvalue weighted by atomic mass is 17.1.